The monoisotopic (exact) mass is 553 g/mol. The average Bonchev–Trinajstić information content (AvgIpc) is 3.38. The molecular formula is C26H30F3N3O3S2. The highest BCUT2D eigenvalue weighted by molar-refractivity contribution is 7.18. The van der Waals surface area contributed by atoms with Gasteiger partial charge in [0.15, 0.2) is 12.4 Å². The Labute approximate surface area is 221 Å². The molecule has 37 heavy (non-hydrogen) atoms. The van der Waals surface area contributed by atoms with Gasteiger partial charge in [0.2, 0.25) is 0 Å². The lowest BCUT2D eigenvalue weighted by Crippen LogP contribution is -2.33. The topological polar surface area (TPSA) is 64.6 Å². The summed E-state index contributed by atoms with van der Waals surface area (Å²) < 4.78 is 49.2. The molecule has 0 N–H and O–H groups in total. The zero-order valence-corrected chi connectivity index (χ0v) is 22.3. The first kappa shape index (κ1) is 26.5. The van der Waals surface area contributed by atoms with Crippen LogP contribution in [0.5, 0.6) is 5.19 Å². The maximum Gasteiger partial charge on any atom is 0.422 e. The zero-order chi connectivity index (χ0) is 26.0. The van der Waals surface area contributed by atoms with Crippen LogP contribution in [0, 0.1) is 12.8 Å². The number of rotatable bonds is 8. The highest BCUT2D eigenvalue weighted by Crippen LogP contribution is 2.30. The second-order valence-electron chi connectivity index (χ2n) is 9.83. The van der Waals surface area contributed by atoms with Gasteiger partial charge in [0, 0.05) is 42.9 Å². The minimum atomic E-state index is -4.35. The van der Waals surface area contributed by atoms with E-state index in [1.165, 1.54) is 11.3 Å². The van der Waals surface area contributed by atoms with Gasteiger partial charge in [0.1, 0.15) is 0 Å². The number of Topliss-reactive ketones (excluding diaryl/α,β-unsaturated/α-hetero) is 1. The van der Waals surface area contributed by atoms with Crippen molar-refractivity contribution in [1.82, 2.24) is 14.9 Å². The van der Waals surface area contributed by atoms with Gasteiger partial charge in [0.25, 0.3) is 5.19 Å². The second kappa shape index (κ2) is 11.3. The molecule has 2 atom stereocenters. The fourth-order valence-electron chi connectivity index (χ4n) is 4.99. The van der Waals surface area contributed by atoms with Gasteiger partial charge in [-0.15, -0.1) is 11.3 Å². The van der Waals surface area contributed by atoms with E-state index in [4.69, 9.17) is 9.47 Å². The van der Waals surface area contributed by atoms with Gasteiger partial charge in [-0.3, -0.25) is 4.79 Å². The van der Waals surface area contributed by atoms with E-state index in [1.54, 1.807) is 11.3 Å². The van der Waals surface area contributed by atoms with Gasteiger partial charge >= 0.3 is 6.18 Å². The fraction of sp³-hybridized carbons (Fsp3) is 0.577. The van der Waals surface area contributed by atoms with Crippen molar-refractivity contribution in [2.75, 3.05) is 32.8 Å². The number of ether oxygens (including phenoxy) is 2. The Balaban J connectivity index is 1.03. The molecule has 1 saturated heterocycles. The van der Waals surface area contributed by atoms with Crippen molar-refractivity contribution < 1.29 is 27.4 Å². The molecule has 2 aromatic heterocycles. The summed E-state index contributed by atoms with van der Waals surface area (Å²) in [6.07, 6.45) is 0.680. The lowest BCUT2D eigenvalue weighted by molar-refractivity contribution is -0.153. The maximum absolute atomic E-state index is 12.8. The SMILES string of the molecule is Cc1nc2cc(C(=O)C[C@H]3CC[C@H](CCN4CCc5nc(OCC(F)(F)F)sc5CC4)OC3)ccc2s1. The van der Waals surface area contributed by atoms with E-state index in [2.05, 4.69) is 14.9 Å². The molecule has 2 aliphatic heterocycles. The van der Waals surface area contributed by atoms with E-state index in [1.807, 2.05) is 25.1 Å². The molecule has 0 spiro atoms. The van der Waals surface area contributed by atoms with Crippen LogP contribution >= 0.6 is 22.7 Å². The molecule has 0 amide bonds. The minimum Gasteiger partial charge on any atom is -0.460 e. The number of benzene rings is 1. The summed E-state index contributed by atoms with van der Waals surface area (Å²) in [5.74, 6) is 0.392. The first-order valence-electron chi connectivity index (χ1n) is 12.6. The predicted molar refractivity (Wildman–Crippen MR) is 138 cm³/mol. The third-order valence-electron chi connectivity index (χ3n) is 6.96. The van der Waals surface area contributed by atoms with E-state index < -0.39 is 12.8 Å². The minimum absolute atomic E-state index is 0.109. The number of thiazole rings is 2. The molecule has 0 bridgehead atoms. The van der Waals surface area contributed by atoms with Crippen LogP contribution in [0.25, 0.3) is 10.2 Å². The third kappa shape index (κ3) is 7.07. The number of carbonyl (C=O) groups excluding carboxylic acids is 1. The van der Waals surface area contributed by atoms with Crippen molar-refractivity contribution in [3.05, 3.63) is 39.3 Å². The summed E-state index contributed by atoms with van der Waals surface area (Å²) in [5.41, 5.74) is 2.47. The van der Waals surface area contributed by atoms with Gasteiger partial charge in [-0.05, 0) is 56.7 Å². The Kier molecular flexibility index (Phi) is 8.13. The summed E-state index contributed by atoms with van der Waals surface area (Å²) in [5, 5.41) is 1.11. The van der Waals surface area contributed by atoms with Crippen LogP contribution in [-0.2, 0) is 17.6 Å². The first-order valence-corrected chi connectivity index (χ1v) is 14.3. The summed E-state index contributed by atoms with van der Waals surface area (Å²) in [4.78, 5) is 25.0. The van der Waals surface area contributed by atoms with E-state index >= 15 is 0 Å². The molecule has 200 valence electrons. The van der Waals surface area contributed by atoms with Crippen LogP contribution in [0.3, 0.4) is 0 Å². The van der Waals surface area contributed by atoms with E-state index in [0.29, 0.717) is 19.4 Å². The van der Waals surface area contributed by atoms with E-state index in [0.717, 1.165) is 76.7 Å². The van der Waals surface area contributed by atoms with Gasteiger partial charge in [-0.2, -0.15) is 13.2 Å². The van der Waals surface area contributed by atoms with Gasteiger partial charge in [0.05, 0.1) is 33.6 Å². The second-order valence-corrected chi connectivity index (χ2v) is 12.1. The summed E-state index contributed by atoms with van der Waals surface area (Å²) in [7, 11) is 0. The van der Waals surface area contributed by atoms with Gasteiger partial charge in [-0.1, -0.05) is 11.3 Å². The number of aromatic nitrogens is 2. The number of nitrogens with zero attached hydrogens (tertiary/aromatic N) is 3. The van der Waals surface area contributed by atoms with Crippen LogP contribution in [0.15, 0.2) is 18.2 Å². The van der Waals surface area contributed by atoms with Crippen LogP contribution < -0.4 is 4.74 Å². The molecule has 0 unspecified atom stereocenters. The fourth-order valence-corrected chi connectivity index (χ4v) is 6.74. The third-order valence-corrected chi connectivity index (χ3v) is 8.98. The average molecular weight is 554 g/mol. The molecular weight excluding hydrogens is 523 g/mol. The van der Waals surface area contributed by atoms with Crippen molar-refractivity contribution in [1.29, 1.82) is 0 Å². The number of ketones is 1. The van der Waals surface area contributed by atoms with Crippen molar-refractivity contribution in [2.45, 2.75) is 57.7 Å². The maximum atomic E-state index is 12.8. The smallest absolute Gasteiger partial charge is 0.422 e. The molecule has 0 aliphatic carbocycles. The summed E-state index contributed by atoms with van der Waals surface area (Å²) >= 11 is 2.86. The zero-order valence-electron chi connectivity index (χ0n) is 20.7. The normalized spacial score (nSPS) is 21.1. The molecule has 6 nitrogen and oxygen atoms in total. The molecule has 0 radical (unpaired) electrons. The molecule has 3 aromatic rings. The van der Waals surface area contributed by atoms with Crippen LogP contribution in [-0.4, -0.2) is 65.8 Å². The molecule has 1 aromatic carbocycles. The first-order chi connectivity index (χ1) is 17.7. The lowest BCUT2D eigenvalue weighted by Gasteiger charge is -2.30. The van der Waals surface area contributed by atoms with Crippen LogP contribution in [0.2, 0.25) is 0 Å². The number of halogens is 3. The number of hydrogen-bond acceptors (Lipinski definition) is 8. The number of alkyl halides is 3. The molecule has 4 heterocycles. The van der Waals surface area contributed by atoms with Gasteiger partial charge < -0.3 is 14.4 Å². The molecule has 0 saturated carbocycles. The van der Waals surface area contributed by atoms with Gasteiger partial charge in [-0.25, -0.2) is 9.97 Å². The molecule has 2 aliphatic rings. The molecule has 5 rings (SSSR count). The van der Waals surface area contributed by atoms with E-state index in [-0.39, 0.29) is 23.0 Å². The number of carbonyl (C=O) groups is 1. The molecule has 1 fully saturated rings. The molecule has 11 heteroatoms. The Hall–Kier alpha value is -2.08. The van der Waals surface area contributed by atoms with Crippen molar-refractivity contribution in [2.24, 2.45) is 5.92 Å². The Morgan fingerprint density at radius 1 is 1.19 bits per heavy atom. The van der Waals surface area contributed by atoms with Crippen LogP contribution in [0.1, 0.15) is 51.6 Å². The quantitative estimate of drug-likeness (QED) is 0.326. The Morgan fingerprint density at radius 3 is 2.81 bits per heavy atom. The highest BCUT2D eigenvalue weighted by Gasteiger charge is 2.30. The Bertz CT molecular complexity index is 1210. The van der Waals surface area contributed by atoms with Crippen molar-refractivity contribution >= 4 is 38.7 Å². The van der Waals surface area contributed by atoms with E-state index in [9.17, 15) is 18.0 Å². The van der Waals surface area contributed by atoms with Crippen molar-refractivity contribution in [3.8, 4) is 5.19 Å². The number of fused-ring (bicyclic) bond motifs is 2. The summed E-state index contributed by atoms with van der Waals surface area (Å²) in [6, 6.07) is 5.79. The summed E-state index contributed by atoms with van der Waals surface area (Å²) in [6.45, 7) is 3.86. The number of hydrogen-bond donors (Lipinski definition) is 0. The van der Waals surface area contributed by atoms with Crippen molar-refractivity contribution in [3.63, 3.8) is 0 Å². The largest absolute Gasteiger partial charge is 0.460 e. The number of aryl methyl sites for hydroxylation is 1. The standard InChI is InChI=1S/C26H30F3N3O3S2/c1-16-30-21-13-18(3-5-23(21)36-16)22(33)12-17-2-4-19(34-14-17)6-9-32-10-7-20-24(8-11-32)37-25(31-20)35-15-26(27,28)29/h3,5,13,17,19H,2,4,6-12,14-15H2,1H3/t17-,19-/m1/s1. The highest BCUT2D eigenvalue weighted by atomic mass is 32.1. The predicted octanol–water partition coefficient (Wildman–Crippen LogP) is 5.86. The Morgan fingerprint density at radius 2 is 2.03 bits per heavy atom. The lowest BCUT2D eigenvalue weighted by atomic mass is 9.91. The van der Waals surface area contributed by atoms with Crippen LogP contribution in [0.4, 0.5) is 13.2 Å².